The summed E-state index contributed by atoms with van der Waals surface area (Å²) in [6.07, 6.45) is 0.707. The van der Waals surface area contributed by atoms with Gasteiger partial charge >= 0.3 is 0 Å². The fourth-order valence-electron chi connectivity index (χ4n) is 3.25. The smallest absolute Gasteiger partial charge is 0.130 e. The third-order valence-electron chi connectivity index (χ3n) is 4.39. The molecule has 4 rings (SSSR count). The number of rotatable bonds is 3. The molecule has 1 aliphatic heterocycles. The van der Waals surface area contributed by atoms with Crippen molar-refractivity contribution in [3.63, 3.8) is 0 Å². The topological polar surface area (TPSA) is 37.0 Å². The second kappa shape index (κ2) is 6.15. The number of benzene rings is 2. The van der Waals surface area contributed by atoms with Crippen LogP contribution in [0.15, 0.2) is 35.8 Å². The van der Waals surface area contributed by atoms with Crippen molar-refractivity contribution in [2.45, 2.75) is 12.0 Å². The van der Waals surface area contributed by atoms with Crippen LogP contribution in [0.4, 0.5) is 10.1 Å². The van der Waals surface area contributed by atoms with Crippen LogP contribution in [0.5, 0.6) is 0 Å². The summed E-state index contributed by atoms with van der Waals surface area (Å²) in [7, 11) is 0. The molecule has 7 heteroatoms. The number of nitrogens with one attached hydrogen (secondary N) is 2. The van der Waals surface area contributed by atoms with Gasteiger partial charge < -0.3 is 10.6 Å². The van der Waals surface area contributed by atoms with Crippen molar-refractivity contribution in [1.82, 2.24) is 10.3 Å². The Morgan fingerprint density at radius 2 is 2.12 bits per heavy atom. The maximum Gasteiger partial charge on any atom is 0.130 e. The first-order valence-electron chi connectivity index (χ1n) is 7.55. The minimum absolute atomic E-state index is 0.266. The highest BCUT2D eigenvalue weighted by molar-refractivity contribution is 7.16. The van der Waals surface area contributed by atoms with Gasteiger partial charge in [0.25, 0.3) is 0 Å². The molecule has 0 radical (unpaired) electrons. The summed E-state index contributed by atoms with van der Waals surface area (Å²) in [5, 5.41) is 7.40. The Labute approximate surface area is 152 Å². The van der Waals surface area contributed by atoms with Crippen molar-refractivity contribution in [2.75, 3.05) is 18.4 Å². The predicted octanol–water partition coefficient (Wildman–Crippen LogP) is 5.04. The van der Waals surface area contributed by atoms with Crippen LogP contribution in [0.1, 0.15) is 12.0 Å². The molecule has 0 unspecified atom stereocenters. The Balaban J connectivity index is 1.80. The number of nitrogens with zero attached hydrogens (tertiary/aromatic N) is 1. The van der Waals surface area contributed by atoms with E-state index in [4.69, 9.17) is 23.2 Å². The minimum Gasteiger partial charge on any atom is -0.374 e. The van der Waals surface area contributed by atoms with Crippen LogP contribution in [0, 0.1) is 5.82 Å². The van der Waals surface area contributed by atoms with Crippen LogP contribution in [0.2, 0.25) is 10.0 Å². The van der Waals surface area contributed by atoms with E-state index in [9.17, 15) is 4.39 Å². The van der Waals surface area contributed by atoms with E-state index < -0.39 is 5.54 Å². The molecule has 124 valence electrons. The summed E-state index contributed by atoms with van der Waals surface area (Å²) in [6, 6.07) is 8.83. The highest BCUT2D eigenvalue weighted by atomic mass is 35.5. The van der Waals surface area contributed by atoms with Crippen molar-refractivity contribution < 1.29 is 4.39 Å². The van der Waals surface area contributed by atoms with Gasteiger partial charge in [-0.25, -0.2) is 9.37 Å². The zero-order chi connectivity index (χ0) is 16.7. The Bertz CT molecular complexity index is 906. The van der Waals surface area contributed by atoms with E-state index >= 15 is 0 Å². The van der Waals surface area contributed by atoms with Gasteiger partial charge in [0.1, 0.15) is 5.82 Å². The van der Waals surface area contributed by atoms with E-state index in [0.29, 0.717) is 23.6 Å². The molecule has 1 saturated heterocycles. The van der Waals surface area contributed by atoms with E-state index in [1.165, 1.54) is 12.1 Å². The summed E-state index contributed by atoms with van der Waals surface area (Å²) in [4.78, 5) is 4.34. The summed E-state index contributed by atoms with van der Waals surface area (Å²) in [5.41, 5.74) is 3.39. The Morgan fingerprint density at radius 3 is 2.92 bits per heavy atom. The van der Waals surface area contributed by atoms with Crippen LogP contribution in [-0.2, 0) is 5.54 Å². The zero-order valence-corrected chi connectivity index (χ0v) is 14.9. The first-order chi connectivity index (χ1) is 11.6. The Hall–Kier alpha value is -1.40. The second-order valence-corrected chi connectivity index (χ2v) is 7.56. The third-order valence-corrected chi connectivity index (χ3v) is 6.01. The maximum absolute atomic E-state index is 14.6. The highest BCUT2D eigenvalue weighted by Crippen LogP contribution is 2.41. The van der Waals surface area contributed by atoms with Crippen molar-refractivity contribution in [3.8, 4) is 0 Å². The number of hydrogen-bond acceptors (Lipinski definition) is 4. The molecule has 3 nitrogen and oxygen atoms in total. The number of aromatic nitrogens is 1. The van der Waals surface area contributed by atoms with Gasteiger partial charge in [-0.3, -0.25) is 0 Å². The molecule has 1 aliphatic rings. The maximum atomic E-state index is 14.6. The van der Waals surface area contributed by atoms with Gasteiger partial charge in [-0.15, -0.1) is 11.3 Å². The number of anilines is 1. The predicted molar refractivity (Wildman–Crippen MR) is 98.8 cm³/mol. The van der Waals surface area contributed by atoms with Gasteiger partial charge in [-0.2, -0.15) is 0 Å². The quantitative estimate of drug-likeness (QED) is 0.623. The molecule has 1 atom stereocenters. The van der Waals surface area contributed by atoms with Gasteiger partial charge in [0.05, 0.1) is 31.3 Å². The van der Waals surface area contributed by atoms with Crippen molar-refractivity contribution >= 4 is 50.4 Å². The van der Waals surface area contributed by atoms with Crippen molar-refractivity contribution in [2.24, 2.45) is 0 Å². The average Bonchev–Trinajstić information content (AvgIpc) is 3.21. The molecule has 0 bridgehead atoms. The van der Waals surface area contributed by atoms with Gasteiger partial charge in [0, 0.05) is 17.8 Å². The number of fused-ring (bicyclic) bond motifs is 1. The fourth-order valence-corrected chi connectivity index (χ4v) is 4.40. The molecule has 0 amide bonds. The van der Waals surface area contributed by atoms with Gasteiger partial charge in [0.2, 0.25) is 0 Å². The Morgan fingerprint density at radius 1 is 1.25 bits per heavy atom. The Kier molecular flexibility index (Phi) is 4.12. The van der Waals surface area contributed by atoms with Crippen LogP contribution in [-0.4, -0.2) is 18.1 Å². The van der Waals surface area contributed by atoms with Crippen LogP contribution in [0.3, 0.4) is 0 Å². The molecule has 24 heavy (non-hydrogen) atoms. The van der Waals surface area contributed by atoms with Crippen molar-refractivity contribution in [3.05, 3.63) is 57.3 Å². The standard InChI is InChI=1S/C17H14Cl2FN3S/c18-11-2-3-12(20)15(16(11)19)17(5-6-21-8-17)23-10-1-4-14-13(7-10)22-9-24-14/h1-4,7,9,21,23H,5-6,8H2/t17-/m1/s1. The molecule has 2 N–H and O–H groups in total. The molecule has 2 aromatic carbocycles. The van der Waals surface area contributed by atoms with E-state index in [1.54, 1.807) is 11.3 Å². The third kappa shape index (κ3) is 2.65. The average molecular weight is 382 g/mol. The summed E-state index contributed by atoms with van der Waals surface area (Å²) in [6.45, 7) is 1.34. The van der Waals surface area contributed by atoms with Gasteiger partial charge in [-0.05, 0) is 43.3 Å². The lowest BCUT2D eigenvalue weighted by Gasteiger charge is -2.33. The van der Waals surface area contributed by atoms with Crippen LogP contribution >= 0.6 is 34.5 Å². The summed E-state index contributed by atoms with van der Waals surface area (Å²) >= 11 is 14.1. The number of thiazole rings is 1. The monoisotopic (exact) mass is 381 g/mol. The molecule has 0 spiro atoms. The normalized spacial score (nSPS) is 20.6. The van der Waals surface area contributed by atoms with E-state index in [2.05, 4.69) is 15.6 Å². The SMILES string of the molecule is Fc1ccc(Cl)c(Cl)c1[C@@]1(Nc2ccc3scnc3c2)CCNC1. The van der Waals surface area contributed by atoms with Gasteiger partial charge in [-0.1, -0.05) is 23.2 Å². The largest absolute Gasteiger partial charge is 0.374 e. The molecule has 1 aromatic heterocycles. The number of halogens is 3. The van der Waals surface area contributed by atoms with Crippen molar-refractivity contribution in [1.29, 1.82) is 0 Å². The molecule has 0 aliphatic carbocycles. The number of hydrogen-bond donors (Lipinski definition) is 2. The van der Waals surface area contributed by atoms with E-state index in [1.807, 2.05) is 23.7 Å². The zero-order valence-electron chi connectivity index (χ0n) is 12.6. The molecule has 3 aromatic rings. The molecular weight excluding hydrogens is 368 g/mol. The lowest BCUT2D eigenvalue weighted by atomic mass is 9.88. The molecule has 1 fully saturated rings. The van der Waals surface area contributed by atoms with E-state index in [0.717, 1.165) is 22.4 Å². The first-order valence-corrected chi connectivity index (χ1v) is 9.19. The minimum atomic E-state index is -0.643. The summed E-state index contributed by atoms with van der Waals surface area (Å²) in [5.74, 6) is -0.352. The second-order valence-electron chi connectivity index (χ2n) is 5.89. The molecular formula is C17H14Cl2FN3S. The first kappa shape index (κ1) is 16.1. The van der Waals surface area contributed by atoms with E-state index in [-0.39, 0.29) is 10.8 Å². The fraction of sp³-hybridized carbons (Fsp3) is 0.235. The van der Waals surface area contributed by atoms with Gasteiger partial charge in [0.15, 0.2) is 0 Å². The molecule has 2 heterocycles. The lowest BCUT2D eigenvalue weighted by Crippen LogP contribution is -2.38. The molecule has 0 saturated carbocycles. The highest BCUT2D eigenvalue weighted by Gasteiger charge is 2.40. The summed E-state index contributed by atoms with van der Waals surface area (Å²) < 4.78 is 15.7. The van der Waals surface area contributed by atoms with Crippen LogP contribution < -0.4 is 10.6 Å². The lowest BCUT2D eigenvalue weighted by molar-refractivity contribution is 0.496. The van der Waals surface area contributed by atoms with Crippen LogP contribution in [0.25, 0.3) is 10.2 Å².